The van der Waals surface area contributed by atoms with Gasteiger partial charge in [-0.15, -0.1) is 0 Å². The smallest absolute Gasteiger partial charge is 0.190 e. The summed E-state index contributed by atoms with van der Waals surface area (Å²) in [5.74, 6) is 0.647. The molecule has 0 spiro atoms. The van der Waals surface area contributed by atoms with Crippen LogP contribution in [0.1, 0.15) is 18.5 Å². The number of ether oxygens (including phenoxy) is 1. The number of anilines is 1. The number of oxime groups is 1. The molecule has 1 saturated heterocycles. The Balaban J connectivity index is 2.11. The van der Waals surface area contributed by atoms with Gasteiger partial charge in [0.15, 0.2) is 5.84 Å². The van der Waals surface area contributed by atoms with Gasteiger partial charge in [0.05, 0.1) is 5.69 Å². The number of nitrogens with zero attached hydrogens (tertiary/aromatic N) is 3. The minimum absolute atomic E-state index is 0.0365. The summed E-state index contributed by atoms with van der Waals surface area (Å²) in [6.45, 7) is 2.58. The van der Waals surface area contributed by atoms with Crippen molar-refractivity contribution in [2.45, 2.75) is 12.8 Å². The van der Waals surface area contributed by atoms with E-state index in [1.807, 2.05) is 19.2 Å². The molecule has 2 rings (SSSR count). The topological polar surface area (TPSA) is 84.0 Å². The van der Waals surface area contributed by atoms with Gasteiger partial charge in [0.2, 0.25) is 0 Å². The predicted molar refractivity (Wildman–Crippen MR) is 73.6 cm³/mol. The summed E-state index contributed by atoms with van der Waals surface area (Å²) in [6.07, 6.45) is 3.78. The number of rotatable bonds is 4. The molecule has 0 radical (unpaired) electrons. The molecule has 2 heterocycles. The zero-order valence-electron chi connectivity index (χ0n) is 11.1. The van der Waals surface area contributed by atoms with Crippen LogP contribution in [0.3, 0.4) is 0 Å². The number of amidine groups is 1. The summed E-state index contributed by atoms with van der Waals surface area (Å²) in [5.41, 5.74) is 7.05. The zero-order chi connectivity index (χ0) is 13.7. The lowest BCUT2D eigenvalue weighted by Crippen LogP contribution is -2.31. The highest BCUT2D eigenvalue weighted by Gasteiger charge is 2.18. The van der Waals surface area contributed by atoms with Crippen LogP contribution in [0.5, 0.6) is 0 Å². The number of hydrogen-bond donors (Lipinski definition) is 2. The number of nitrogens with two attached hydrogens (primary N) is 1. The molecule has 0 amide bonds. The Labute approximate surface area is 112 Å². The van der Waals surface area contributed by atoms with Gasteiger partial charge in [-0.1, -0.05) is 5.16 Å². The fourth-order valence-electron chi connectivity index (χ4n) is 2.36. The number of pyridine rings is 1. The fraction of sp³-hybridized carbons (Fsp3) is 0.538. The van der Waals surface area contributed by atoms with Gasteiger partial charge in [-0.25, -0.2) is 0 Å². The van der Waals surface area contributed by atoms with E-state index in [4.69, 9.17) is 15.7 Å². The Kier molecular flexibility index (Phi) is 4.57. The lowest BCUT2D eigenvalue weighted by atomic mass is 9.99. The molecule has 1 fully saturated rings. The third kappa shape index (κ3) is 3.35. The summed E-state index contributed by atoms with van der Waals surface area (Å²) >= 11 is 0. The van der Waals surface area contributed by atoms with Crippen LogP contribution >= 0.6 is 0 Å². The van der Waals surface area contributed by atoms with Crippen LogP contribution < -0.4 is 10.6 Å². The maximum absolute atomic E-state index is 8.80. The molecule has 0 bridgehead atoms. The first-order valence-corrected chi connectivity index (χ1v) is 6.44. The molecule has 0 atom stereocenters. The van der Waals surface area contributed by atoms with Crippen LogP contribution in [0.2, 0.25) is 0 Å². The third-order valence-corrected chi connectivity index (χ3v) is 3.42. The van der Waals surface area contributed by atoms with Gasteiger partial charge >= 0.3 is 0 Å². The van der Waals surface area contributed by atoms with Crippen LogP contribution in [0.4, 0.5) is 5.69 Å². The first kappa shape index (κ1) is 13.6. The maximum atomic E-state index is 8.80. The molecule has 104 valence electrons. The van der Waals surface area contributed by atoms with Crippen molar-refractivity contribution in [3.63, 3.8) is 0 Å². The number of aromatic nitrogens is 1. The van der Waals surface area contributed by atoms with Crippen LogP contribution in [0.15, 0.2) is 23.5 Å². The van der Waals surface area contributed by atoms with Crippen molar-refractivity contribution >= 4 is 11.5 Å². The van der Waals surface area contributed by atoms with E-state index < -0.39 is 0 Å². The van der Waals surface area contributed by atoms with E-state index in [-0.39, 0.29) is 5.84 Å². The van der Waals surface area contributed by atoms with Crippen molar-refractivity contribution in [2.75, 3.05) is 31.7 Å². The van der Waals surface area contributed by atoms with E-state index in [2.05, 4.69) is 15.0 Å². The molecule has 6 heteroatoms. The molecule has 1 aliphatic rings. The Bertz CT molecular complexity index is 444. The van der Waals surface area contributed by atoms with Crippen LogP contribution in [0, 0.1) is 5.92 Å². The van der Waals surface area contributed by atoms with Gasteiger partial charge in [0.1, 0.15) is 5.69 Å². The zero-order valence-corrected chi connectivity index (χ0v) is 11.1. The summed E-state index contributed by atoms with van der Waals surface area (Å²) in [4.78, 5) is 6.29. The summed E-state index contributed by atoms with van der Waals surface area (Å²) < 4.78 is 5.36. The minimum Gasteiger partial charge on any atom is -0.409 e. The summed E-state index contributed by atoms with van der Waals surface area (Å²) in [7, 11) is 2.00. The van der Waals surface area contributed by atoms with Crippen molar-refractivity contribution in [1.82, 2.24) is 4.98 Å². The Morgan fingerprint density at radius 1 is 1.58 bits per heavy atom. The van der Waals surface area contributed by atoms with Crippen molar-refractivity contribution in [1.29, 1.82) is 0 Å². The van der Waals surface area contributed by atoms with E-state index in [1.54, 1.807) is 6.20 Å². The standard InChI is InChI=1S/C13H20N4O2/c1-17(9-10-4-7-19-8-5-10)11-3-2-6-15-12(11)13(14)16-18/h2-3,6,10,18H,4-5,7-9H2,1H3,(H2,14,16). The lowest BCUT2D eigenvalue weighted by Gasteiger charge is -2.29. The average molecular weight is 264 g/mol. The van der Waals surface area contributed by atoms with E-state index >= 15 is 0 Å². The second kappa shape index (κ2) is 6.38. The first-order valence-electron chi connectivity index (χ1n) is 6.44. The maximum Gasteiger partial charge on any atom is 0.190 e. The van der Waals surface area contributed by atoms with E-state index in [0.29, 0.717) is 11.6 Å². The quantitative estimate of drug-likeness (QED) is 0.367. The highest BCUT2D eigenvalue weighted by molar-refractivity contribution is 6.00. The molecule has 1 aromatic rings. The monoisotopic (exact) mass is 264 g/mol. The molecule has 19 heavy (non-hydrogen) atoms. The van der Waals surface area contributed by atoms with Crippen molar-refractivity contribution in [3.8, 4) is 0 Å². The predicted octanol–water partition coefficient (Wildman–Crippen LogP) is 1.04. The average Bonchev–Trinajstić information content (AvgIpc) is 2.47. The number of hydrogen-bond acceptors (Lipinski definition) is 5. The highest BCUT2D eigenvalue weighted by Crippen LogP contribution is 2.21. The lowest BCUT2D eigenvalue weighted by molar-refractivity contribution is 0.0685. The Morgan fingerprint density at radius 2 is 2.32 bits per heavy atom. The van der Waals surface area contributed by atoms with Crippen LogP contribution in [-0.2, 0) is 4.74 Å². The van der Waals surface area contributed by atoms with Crippen LogP contribution in [0.25, 0.3) is 0 Å². The van der Waals surface area contributed by atoms with E-state index in [1.165, 1.54) is 0 Å². The van der Waals surface area contributed by atoms with E-state index in [0.717, 1.165) is 38.3 Å². The van der Waals surface area contributed by atoms with Crippen molar-refractivity contribution in [3.05, 3.63) is 24.0 Å². The molecule has 0 aromatic carbocycles. The molecule has 1 aromatic heterocycles. The Morgan fingerprint density at radius 3 is 3.00 bits per heavy atom. The molecule has 1 aliphatic heterocycles. The second-order valence-electron chi connectivity index (χ2n) is 4.79. The summed E-state index contributed by atoms with van der Waals surface area (Å²) in [5, 5.41) is 11.8. The van der Waals surface area contributed by atoms with Gasteiger partial charge < -0.3 is 20.6 Å². The van der Waals surface area contributed by atoms with E-state index in [9.17, 15) is 0 Å². The molecule has 3 N–H and O–H groups in total. The fourth-order valence-corrected chi connectivity index (χ4v) is 2.36. The third-order valence-electron chi connectivity index (χ3n) is 3.42. The molecular weight excluding hydrogens is 244 g/mol. The van der Waals surface area contributed by atoms with Gasteiger partial charge in [-0.3, -0.25) is 4.98 Å². The summed E-state index contributed by atoms with van der Waals surface area (Å²) in [6, 6.07) is 3.78. The van der Waals surface area contributed by atoms with Gasteiger partial charge in [0, 0.05) is 33.0 Å². The van der Waals surface area contributed by atoms with Gasteiger partial charge in [0.25, 0.3) is 0 Å². The Hall–Kier alpha value is -1.82. The van der Waals surface area contributed by atoms with Gasteiger partial charge in [-0.2, -0.15) is 0 Å². The largest absolute Gasteiger partial charge is 0.409 e. The first-order chi connectivity index (χ1) is 9.22. The SMILES string of the molecule is CN(CC1CCOCC1)c1cccnc1/C(N)=N/O. The van der Waals surface area contributed by atoms with Crippen molar-refractivity contribution in [2.24, 2.45) is 16.8 Å². The molecule has 0 unspecified atom stereocenters. The second-order valence-corrected chi connectivity index (χ2v) is 4.79. The molecule has 0 saturated carbocycles. The normalized spacial score (nSPS) is 17.4. The molecule has 6 nitrogen and oxygen atoms in total. The van der Waals surface area contributed by atoms with Crippen molar-refractivity contribution < 1.29 is 9.94 Å². The molecule has 0 aliphatic carbocycles. The minimum atomic E-state index is 0.0365. The van der Waals surface area contributed by atoms with Crippen LogP contribution in [-0.4, -0.2) is 42.8 Å². The molecular formula is C13H20N4O2. The highest BCUT2D eigenvalue weighted by atomic mass is 16.5. The van der Waals surface area contributed by atoms with Gasteiger partial charge in [-0.05, 0) is 30.9 Å².